The molecule has 0 radical (unpaired) electrons. The number of rotatable bonds is 3. The third-order valence-corrected chi connectivity index (χ3v) is 4.65. The Bertz CT molecular complexity index is 884. The lowest BCUT2D eigenvalue weighted by Crippen LogP contribution is -2.42. The fourth-order valence-corrected chi connectivity index (χ4v) is 3.26. The van der Waals surface area contributed by atoms with E-state index in [1.165, 1.54) is 11.8 Å². The van der Waals surface area contributed by atoms with Crippen molar-refractivity contribution in [3.63, 3.8) is 0 Å². The minimum absolute atomic E-state index is 0.0356. The number of likely N-dealkylation sites (tertiary alicyclic amines) is 1. The van der Waals surface area contributed by atoms with Crippen LogP contribution in [0.3, 0.4) is 0 Å². The lowest BCUT2D eigenvalue weighted by molar-refractivity contribution is 0.0686. The van der Waals surface area contributed by atoms with E-state index in [1.807, 2.05) is 11.0 Å². The summed E-state index contributed by atoms with van der Waals surface area (Å²) >= 11 is 0. The Morgan fingerprint density at radius 1 is 1.24 bits per heavy atom. The van der Waals surface area contributed by atoms with Gasteiger partial charge in [-0.05, 0) is 44.0 Å². The standard InChI is InChI=1S/C19H20N4O2/c1-13-4-5-16-15(11-13)18(21-12-20-16)22-14-6-8-23(9-7-14)19(24)17-3-2-10-25-17/h2-5,10-12,14H,6-9H2,1H3,(H,20,21,22). The first-order chi connectivity index (χ1) is 12.2. The molecule has 1 aromatic carbocycles. The van der Waals surface area contributed by atoms with Gasteiger partial charge in [-0.25, -0.2) is 9.97 Å². The van der Waals surface area contributed by atoms with Crippen LogP contribution < -0.4 is 5.32 Å². The molecular weight excluding hydrogens is 316 g/mol. The maximum Gasteiger partial charge on any atom is 0.289 e. The van der Waals surface area contributed by atoms with E-state index in [9.17, 15) is 4.79 Å². The Balaban J connectivity index is 1.44. The Hall–Kier alpha value is -2.89. The first kappa shape index (κ1) is 15.6. The van der Waals surface area contributed by atoms with Gasteiger partial charge in [-0.1, -0.05) is 11.6 Å². The molecule has 0 unspecified atom stereocenters. The summed E-state index contributed by atoms with van der Waals surface area (Å²) in [5.41, 5.74) is 2.12. The van der Waals surface area contributed by atoms with Crippen LogP contribution in [-0.2, 0) is 0 Å². The zero-order valence-electron chi connectivity index (χ0n) is 14.1. The van der Waals surface area contributed by atoms with Gasteiger partial charge in [-0.3, -0.25) is 4.79 Å². The predicted octanol–water partition coefficient (Wildman–Crippen LogP) is 3.25. The average molecular weight is 336 g/mol. The molecule has 0 aliphatic carbocycles. The molecule has 4 rings (SSSR count). The molecule has 128 valence electrons. The van der Waals surface area contributed by atoms with Gasteiger partial charge in [0.2, 0.25) is 0 Å². The van der Waals surface area contributed by atoms with E-state index >= 15 is 0 Å². The molecule has 3 aromatic rings. The second kappa shape index (κ2) is 6.55. The van der Waals surface area contributed by atoms with Crippen LogP contribution in [0.2, 0.25) is 0 Å². The normalized spacial score (nSPS) is 15.5. The van der Waals surface area contributed by atoms with Crippen molar-refractivity contribution in [1.82, 2.24) is 14.9 Å². The highest BCUT2D eigenvalue weighted by Gasteiger charge is 2.25. The number of hydrogen-bond acceptors (Lipinski definition) is 5. The summed E-state index contributed by atoms with van der Waals surface area (Å²) in [6.45, 7) is 3.48. The second-order valence-electron chi connectivity index (χ2n) is 6.43. The van der Waals surface area contributed by atoms with Crippen LogP contribution in [-0.4, -0.2) is 39.9 Å². The molecule has 2 aromatic heterocycles. The van der Waals surface area contributed by atoms with E-state index < -0.39 is 0 Å². The molecular formula is C19H20N4O2. The Morgan fingerprint density at radius 2 is 2.08 bits per heavy atom. The molecule has 1 fully saturated rings. The van der Waals surface area contributed by atoms with Crippen LogP contribution in [0.4, 0.5) is 5.82 Å². The van der Waals surface area contributed by atoms with Crippen LogP contribution in [0.25, 0.3) is 10.9 Å². The van der Waals surface area contributed by atoms with Gasteiger partial charge in [-0.15, -0.1) is 0 Å². The van der Waals surface area contributed by atoms with Crippen molar-refractivity contribution in [2.45, 2.75) is 25.8 Å². The molecule has 0 saturated carbocycles. The van der Waals surface area contributed by atoms with E-state index in [-0.39, 0.29) is 5.91 Å². The fraction of sp³-hybridized carbons (Fsp3) is 0.316. The third-order valence-electron chi connectivity index (χ3n) is 4.65. The van der Waals surface area contributed by atoms with Crippen molar-refractivity contribution in [2.24, 2.45) is 0 Å². The number of fused-ring (bicyclic) bond motifs is 1. The number of nitrogens with zero attached hydrogens (tertiary/aromatic N) is 3. The Labute approximate surface area is 145 Å². The van der Waals surface area contributed by atoms with Gasteiger partial charge in [0.1, 0.15) is 12.1 Å². The van der Waals surface area contributed by atoms with Crippen molar-refractivity contribution in [2.75, 3.05) is 18.4 Å². The molecule has 3 heterocycles. The summed E-state index contributed by atoms with van der Waals surface area (Å²) in [6.07, 6.45) is 4.88. The van der Waals surface area contributed by atoms with Crippen LogP contribution in [0.5, 0.6) is 0 Å². The molecule has 0 spiro atoms. The maximum absolute atomic E-state index is 12.3. The summed E-state index contributed by atoms with van der Waals surface area (Å²) in [5, 5.41) is 4.57. The first-order valence-corrected chi connectivity index (χ1v) is 8.51. The molecule has 1 amide bonds. The molecule has 1 N–H and O–H groups in total. The first-order valence-electron chi connectivity index (χ1n) is 8.51. The van der Waals surface area contributed by atoms with Gasteiger partial charge >= 0.3 is 0 Å². The summed E-state index contributed by atoms with van der Waals surface area (Å²) < 4.78 is 5.21. The van der Waals surface area contributed by atoms with E-state index in [0.29, 0.717) is 24.9 Å². The van der Waals surface area contributed by atoms with Gasteiger partial charge < -0.3 is 14.6 Å². The van der Waals surface area contributed by atoms with Crippen LogP contribution in [0.15, 0.2) is 47.3 Å². The molecule has 0 atom stereocenters. The van der Waals surface area contributed by atoms with Crippen molar-refractivity contribution < 1.29 is 9.21 Å². The number of aryl methyl sites for hydroxylation is 1. The van der Waals surface area contributed by atoms with Gasteiger partial charge in [0.05, 0.1) is 11.8 Å². The molecule has 6 heteroatoms. The Morgan fingerprint density at radius 3 is 2.84 bits per heavy atom. The lowest BCUT2D eigenvalue weighted by atomic mass is 10.0. The summed E-state index contributed by atoms with van der Waals surface area (Å²) in [7, 11) is 0. The molecule has 1 aliphatic heterocycles. The van der Waals surface area contributed by atoms with Crippen LogP contribution >= 0.6 is 0 Å². The van der Waals surface area contributed by atoms with Gasteiger partial charge in [0, 0.05) is 24.5 Å². The number of anilines is 1. The van der Waals surface area contributed by atoms with Crippen molar-refractivity contribution in [3.05, 3.63) is 54.2 Å². The molecule has 6 nitrogen and oxygen atoms in total. The summed E-state index contributed by atoms with van der Waals surface area (Å²) in [4.78, 5) is 22.9. The molecule has 25 heavy (non-hydrogen) atoms. The largest absolute Gasteiger partial charge is 0.459 e. The lowest BCUT2D eigenvalue weighted by Gasteiger charge is -2.32. The third kappa shape index (κ3) is 3.20. The van der Waals surface area contributed by atoms with E-state index in [1.54, 1.807) is 18.5 Å². The van der Waals surface area contributed by atoms with Crippen molar-refractivity contribution >= 4 is 22.6 Å². The van der Waals surface area contributed by atoms with E-state index in [4.69, 9.17) is 4.42 Å². The smallest absolute Gasteiger partial charge is 0.289 e. The molecule has 0 bridgehead atoms. The quantitative estimate of drug-likeness (QED) is 0.795. The van der Waals surface area contributed by atoms with E-state index in [0.717, 1.165) is 29.6 Å². The highest BCUT2D eigenvalue weighted by molar-refractivity contribution is 5.91. The number of piperidine rings is 1. The van der Waals surface area contributed by atoms with Crippen molar-refractivity contribution in [1.29, 1.82) is 0 Å². The zero-order valence-corrected chi connectivity index (χ0v) is 14.1. The predicted molar refractivity (Wildman–Crippen MR) is 95.5 cm³/mol. The van der Waals surface area contributed by atoms with Crippen LogP contribution in [0, 0.1) is 6.92 Å². The zero-order chi connectivity index (χ0) is 17.2. The summed E-state index contributed by atoms with van der Waals surface area (Å²) in [6, 6.07) is 9.92. The van der Waals surface area contributed by atoms with Gasteiger partial charge in [0.25, 0.3) is 5.91 Å². The number of aromatic nitrogens is 2. The number of nitrogens with one attached hydrogen (secondary N) is 1. The SMILES string of the molecule is Cc1ccc2ncnc(NC3CCN(C(=O)c4ccco4)CC3)c2c1. The van der Waals surface area contributed by atoms with E-state index in [2.05, 4.69) is 34.3 Å². The van der Waals surface area contributed by atoms with Gasteiger partial charge in [-0.2, -0.15) is 0 Å². The molecule has 1 aliphatic rings. The monoisotopic (exact) mass is 336 g/mol. The number of furan rings is 1. The van der Waals surface area contributed by atoms with Crippen LogP contribution in [0.1, 0.15) is 29.0 Å². The molecule has 1 saturated heterocycles. The highest BCUT2D eigenvalue weighted by Crippen LogP contribution is 2.23. The minimum Gasteiger partial charge on any atom is -0.459 e. The minimum atomic E-state index is -0.0356. The second-order valence-corrected chi connectivity index (χ2v) is 6.43. The Kier molecular flexibility index (Phi) is 4.09. The maximum atomic E-state index is 12.3. The number of benzene rings is 1. The topological polar surface area (TPSA) is 71.3 Å². The summed E-state index contributed by atoms with van der Waals surface area (Å²) in [5.74, 6) is 1.24. The van der Waals surface area contributed by atoms with Crippen molar-refractivity contribution in [3.8, 4) is 0 Å². The number of hydrogen-bond donors (Lipinski definition) is 1. The number of carbonyl (C=O) groups excluding carboxylic acids is 1. The van der Waals surface area contributed by atoms with Gasteiger partial charge in [0.15, 0.2) is 5.76 Å². The number of amides is 1. The highest BCUT2D eigenvalue weighted by atomic mass is 16.3. The average Bonchev–Trinajstić information content (AvgIpc) is 3.17. The fourth-order valence-electron chi connectivity index (χ4n) is 3.26. The number of carbonyl (C=O) groups is 1.